The van der Waals surface area contributed by atoms with Crippen molar-refractivity contribution in [3.05, 3.63) is 53.9 Å². The van der Waals surface area contributed by atoms with Crippen LogP contribution >= 0.6 is 0 Å². The van der Waals surface area contributed by atoms with Crippen molar-refractivity contribution in [2.24, 2.45) is 10.9 Å². The molecule has 224 valence electrons. The van der Waals surface area contributed by atoms with E-state index < -0.39 is 35.3 Å². The van der Waals surface area contributed by atoms with Crippen LogP contribution in [0.5, 0.6) is 0 Å². The summed E-state index contributed by atoms with van der Waals surface area (Å²) in [5, 5.41) is 2.62. The predicted octanol–water partition coefficient (Wildman–Crippen LogP) is 4.51. The summed E-state index contributed by atoms with van der Waals surface area (Å²) in [6.07, 6.45) is -3.87. The number of piperazine rings is 1. The van der Waals surface area contributed by atoms with Gasteiger partial charge in [0.05, 0.1) is 30.2 Å². The molecule has 2 saturated heterocycles. The van der Waals surface area contributed by atoms with Crippen molar-refractivity contribution in [1.82, 2.24) is 4.90 Å². The topological polar surface area (TPSA) is 77.5 Å². The Balaban J connectivity index is 1.54. The zero-order chi connectivity index (χ0) is 30.2. The zero-order valence-electron chi connectivity index (χ0n) is 23.6. The van der Waals surface area contributed by atoms with Crippen LogP contribution in [0.4, 0.5) is 34.6 Å². The van der Waals surface area contributed by atoms with Gasteiger partial charge in [-0.2, -0.15) is 13.2 Å². The Morgan fingerprint density at radius 1 is 1.05 bits per heavy atom. The van der Waals surface area contributed by atoms with E-state index in [1.54, 1.807) is 6.07 Å². The highest BCUT2D eigenvalue weighted by Gasteiger charge is 2.43. The molecule has 2 amide bonds. The lowest BCUT2D eigenvalue weighted by molar-refractivity contribution is -0.124. The molecule has 1 N–H and O–H groups in total. The lowest BCUT2D eigenvalue weighted by Gasteiger charge is -2.44. The number of alkyl halides is 3. The second-order valence-corrected chi connectivity index (χ2v) is 10.9. The average molecular weight is 588 g/mol. The van der Waals surface area contributed by atoms with Crippen LogP contribution in [-0.4, -0.2) is 87.6 Å². The first kappa shape index (κ1) is 29.7. The van der Waals surface area contributed by atoms with Crippen LogP contribution in [0.2, 0.25) is 0 Å². The van der Waals surface area contributed by atoms with Crippen molar-refractivity contribution in [3.63, 3.8) is 0 Å². The molecule has 3 aliphatic rings. The number of hydrogen-bond donors (Lipinski definition) is 1. The summed E-state index contributed by atoms with van der Waals surface area (Å²) in [7, 11) is 2.00. The predicted molar refractivity (Wildman–Crippen MR) is 154 cm³/mol. The maximum Gasteiger partial charge on any atom is 0.414 e. The van der Waals surface area contributed by atoms with Crippen LogP contribution in [0.3, 0.4) is 0 Å². The number of carbonyl (C=O) groups excluding carboxylic acids is 2. The van der Waals surface area contributed by atoms with E-state index >= 15 is 4.39 Å². The highest BCUT2D eigenvalue weighted by Crippen LogP contribution is 2.38. The van der Waals surface area contributed by atoms with Crippen LogP contribution in [0, 0.1) is 11.7 Å². The third-order valence-electron chi connectivity index (χ3n) is 8.15. The van der Waals surface area contributed by atoms with Gasteiger partial charge in [-0.1, -0.05) is 12.1 Å². The molecule has 12 heteroatoms. The number of nitrogens with zero attached hydrogens (tertiary/aromatic N) is 4. The van der Waals surface area contributed by atoms with Gasteiger partial charge in [-0.05, 0) is 50.7 Å². The average Bonchev–Trinajstić information content (AvgIpc) is 2.96. The molecule has 0 saturated carbocycles. The van der Waals surface area contributed by atoms with Crippen molar-refractivity contribution < 1.29 is 31.9 Å². The minimum absolute atomic E-state index is 0.0986. The highest BCUT2D eigenvalue weighted by molar-refractivity contribution is 6.11. The second kappa shape index (κ2) is 11.8. The van der Waals surface area contributed by atoms with Gasteiger partial charge in [0.1, 0.15) is 11.7 Å². The number of ether oxygens (including phenoxy) is 1. The molecule has 0 aliphatic carbocycles. The van der Waals surface area contributed by atoms with Crippen LogP contribution in [0.25, 0.3) is 11.1 Å². The normalized spacial score (nSPS) is 23.6. The fourth-order valence-corrected chi connectivity index (χ4v) is 5.60. The number of dihydropyridines is 1. The van der Waals surface area contributed by atoms with Crippen molar-refractivity contribution in [2.45, 2.75) is 32.1 Å². The molecule has 5 rings (SSSR count). The van der Waals surface area contributed by atoms with E-state index in [1.165, 1.54) is 12.1 Å². The molecule has 0 radical (unpaired) electrons. The van der Waals surface area contributed by atoms with Gasteiger partial charge in [-0.25, -0.2) is 9.38 Å². The molecule has 2 aromatic carbocycles. The molecule has 0 bridgehead atoms. The molecule has 0 spiro atoms. The summed E-state index contributed by atoms with van der Waals surface area (Å²) in [4.78, 5) is 34.6. The lowest BCUT2D eigenvalue weighted by atomic mass is 9.95. The number of amides is 2. The van der Waals surface area contributed by atoms with E-state index in [0.717, 1.165) is 5.69 Å². The first-order chi connectivity index (χ1) is 19.9. The van der Waals surface area contributed by atoms with Gasteiger partial charge < -0.3 is 19.9 Å². The number of rotatable bonds is 5. The Bertz CT molecular complexity index is 1410. The Morgan fingerprint density at radius 3 is 2.40 bits per heavy atom. The summed E-state index contributed by atoms with van der Waals surface area (Å²) in [6.45, 7) is 7.62. The fraction of sp³-hybridized carbons (Fsp3) is 0.433. The first-order valence-electron chi connectivity index (χ1n) is 13.8. The molecule has 2 aromatic rings. The van der Waals surface area contributed by atoms with Crippen LogP contribution in [0.1, 0.15) is 13.8 Å². The highest BCUT2D eigenvalue weighted by atomic mass is 19.4. The number of morpholine rings is 1. The molecule has 3 atom stereocenters. The van der Waals surface area contributed by atoms with Gasteiger partial charge in [0.25, 0.3) is 5.91 Å². The Kier molecular flexibility index (Phi) is 8.38. The number of benzene rings is 2. The maximum absolute atomic E-state index is 15.9. The van der Waals surface area contributed by atoms with E-state index in [0.29, 0.717) is 62.9 Å². The van der Waals surface area contributed by atoms with Crippen molar-refractivity contribution in [2.75, 3.05) is 61.6 Å². The third kappa shape index (κ3) is 6.19. The number of hydrogen-bond acceptors (Lipinski definition) is 6. The summed E-state index contributed by atoms with van der Waals surface area (Å²) >= 11 is 0. The van der Waals surface area contributed by atoms with Crippen molar-refractivity contribution in [1.29, 1.82) is 0 Å². The summed E-state index contributed by atoms with van der Waals surface area (Å²) in [6, 6.07) is 10.3. The number of carbonyl (C=O) groups is 2. The van der Waals surface area contributed by atoms with Gasteiger partial charge in [0.2, 0.25) is 5.91 Å². The zero-order valence-corrected chi connectivity index (χ0v) is 23.6. The molecular formula is C30H33F4N5O3. The van der Waals surface area contributed by atoms with Crippen LogP contribution in [-0.2, 0) is 14.3 Å². The third-order valence-corrected chi connectivity index (χ3v) is 8.15. The lowest BCUT2D eigenvalue weighted by Crippen LogP contribution is -2.55. The van der Waals surface area contributed by atoms with Crippen LogP contribution < -0.4 is 15.1 Å². The second-order valence-electron chi connectivity index (χ2n) is 10.9. The number of anilines is 3. The standard InChI is InChI=1S/C30H33F4N5O3/c1-18-16-39(17-19(2)37(18)3)27-14-25(31)22(20-5-4-6-21(11-20)38-7-9-42-10-8-38)12-26(27)36-29(41)23-15-35-28(40)13-24(23)30(32,33)34/h4-6,11-15,18-19,23H,7-10,16-17H2,1-3H3,(H,36,41)/t18-,19+,23?. The molecule has 2 fully saturated rings. The van der Waals surface area contributed by atoms with E-state index in [1.807, 2.05) is 44.0 Å². The quantitative estimate of drug-likeness (QED) is 0.519. The molecule has 3 aliphatic heterocycles. The van der Waals surface area contributed by atoms with Crippen LogP contribution in [0.15, 0.2) is 53.0 Å². The molecule has 0 aromatic heterocycles. The molecule has 3 heterocycles. The molecular weight excluding hydrogens is 554 g/mol. The number of aliphatic imine (C=N–C) groups is 1. The summed E-state index contributed by atoms with van der Waals surface area (Å²) in [5.41, 5.74) is 0.863. The van der Waals surface area contributed by atoms with E-state index in [2.05, 4.69) is 20.1 Å². The number of likely N-dealkylation sites (N-methyl/N-ethyl adjacent to an activating group) is 1. The maximum atomic E-state index is 15.9. The molecule has 8 nitrogen and oxygen atoms in total. The van der Waals surface area contributed by atoms with E-state index in [9.17, 15) is 22.8 Å². The van der Waals surface area contributed by atoms with E-state index in [4.69, 9.17) is 4.74 Å². The minimum Gasteiger partial charge on any atom is -0.378 e. The van der Waals surface area contributed by atoms with Crippen molar-refractivity contribution in [3.8, 4) is 11.1 Å². The number of halogens is 4. The van der Waals surface area contributed by atoms with Gasteiger partial charge in [-0.3, -0.25) is 14.5 Å². The van der Waals surface area contributed by atoms with Gasteiger partial charge in [0.15, 0.2) is 0 Å². The Morgan fingerprint density at radius 2 is 1.74 bits per heavy atom. The largest absolute Gasteiger partial charge is 0.414 e. The van der Waals surface area contributed by atoms with E-state index in [-0.39, 0.29) is 23.3 Å². The van der Waals surface area contributed by atoms with Crippen molar-refractivity contribution >= 4 is 35.1 Å². The van der Waals surface area contributed by atoms with Gasteiger partial charge >= 0.3 is 6.18 Å². The smallest absolute Gasteiger partial charge is 0.378 e. The fourth-order valence-electron chi connectivity index (χ4n) is 5.60. The Labute approximate surface area is 241 Å². The van der Waals surface area contributed by atoms with Gasteiger partial charge in [-0.15, -0.1) is 0 Å². The Hall–Kier alpha value is -3.77. The molecule has 42 heavy (non-hydrogen) atoms. The monoisotopic (exact) mass is 587 g/mol. The van der Waals surface area contributed by atoms with Gasteiger partial charge in [0, 0.05) is 61.8 Å². The summed E-state index contributed by atoms with van der Waals surface area (Å²) < 4.78 is 62.6. The first-order valence-corrected chi connectivity index (χ1v) is 13.8. The molecule has 1 unspecified atom stereocenters. The summed E-state index contributed by atoms with van der Waals surface area (Å²) in [5.74, 6) is -4.47. The SMILES string of the molecule is C[C@@H]1CN(c2cc(F)c(-c3cccc(N4CCOCC4)c3)cc2NC(=O)C2C=NC(=O)C=C2C(F)(F)F)C[C@H](C)N1C. The minimum atomic E-state index is -4.91. The number of nitrogens with one attached hydrogen (secondary N) is 1.